The average Bonchev–Trinajstić information content (AvgIpc) is 3.48. The Balaban J connectivity index is 1.47. The summed E-state index contributed by atoms with van der Waals surface area (Å²) in [5.74, 6) is 0.152. The van der Waals surface area contributed by atoms with Crippen LogP contribution in [-0.2, 0) is 21.3 Å². The first-order valence-electron chi connectivity index (χ1n) is 8.34. The molecule has 0 unspecified atom stereocenters. The van der Waals surface area contributed by atoms with Gasteiger partial charge >= 0.3 is 11.8 Å². The lowest BCUT2D eigenvalue weighted by Gasteiger charge is -2.25. The molecule has 0 saturated carbocycles. The molecule has 0 spiro atoms. The van der Waals surface area contributed by atoms with Crippen molar-refractivity contribution in [2.75, 3.05) is 26.3 Å². The van der Waals surface area contributed by atoms with Gasteiger partial charge in [0.05, 0.1) is 26.0 Å². The van der Waals surface area contributed by atoms with Gasteiger partial charge < -0.3 is 18.6 Å². The van der Waals surface area contributed by atoms with E-state index in [2.05, 4.69) is 14.9 Å². The molecule has 28 heavy (non-hydrogen) atoms. The predicted octanol–water partition coefficient (Wildman–Crippen LogP) is 1.34. The molecule has 148 valence electrons. The molecule has 1 saturated heterocycles. The van der Waals surface area contributed by atoms with Crippen LogP contribution < -0.4 is 4.72 Å². The summed E-state index contributed by atoms with van der Waals surface area (Å²) in [4.78, 5) is 18.0. The van der Waals surface area contributed by atoms with Crippen molar-refractivity contribution in [1.29, 1.82) is 0 Å². The summed E-state index contributed by atoms with van der Waals surface area (Å²) in [5, 5.41) is 5.39. The Labute approximate surface area is 164 Å². The molecule has 3 aromatic rings. The van der Waals surface area contributed by atoms with E-state index in [-0.39, 0.29) is 28.4 Å². The number of hydrogen-bond donors (Lipinski definition) is 1. The molecule has 0 atom stereocenters. The molecule has 3 aromatic heterocycles. The molecule has 4 heterocycles. The molecule has 0 bridgehead atoms. The van der Waals surface area contributed by atoms with Crippen LogP contribution in [0.25, 0.3) is 11.4 Å². The fourth-order valence-electron chi connectivity index (χ4n) is 2.55. The number of nitrogens with zero attached hydrogens (tertiary/aromatic N) is 3. The summed E-state index contributed by atoms with van der Waals surface area (Å²) < 4.78 is 42.8. The van der Waals surface area contributed by atoms with Gasteiger partial charge in [-0.25, -0.2) is 13.1 Å². The number of furan rings is 1. The summed E-state index contributed by atoms with van der Waals surface area (Å²) in [7, 11) is -3.72. The standard InChI is InChI=1S/C16H16N4O6S2/c21-16(20-3-6-24-7-4-20)15-18-14(19-26-15)11-8-13(27-10-11)28(22,23)17-9-12-2-1-5-25-12/h1-2,5,8,10,17H,3-4,6-7,9H2. The number of hydrogen-bond acceptors (Lipinski definition) is 9. The van der Waals surface area contributed by atoms with Gasteiger partial charge in [-0.15, -0.1) is 11.3 Å². The number of nitrogens with one attached hydrogen (secondary N) is 1. The SMILES string of the molecule is O=C(c1nc(-c2csc(S(=O)(=O)NCc3ccco3)c2)no1)N1CCOCC1. The zero-order valence-corrected chi connectivity index (χ0v) is 16.2. The molecular weight excluding hydrogens is 408 g/mol. The van der Waals surface area contributed by atoms with E-state index in [9.17, 15) is 13.2 Å². The van der Waals surface area contributed by atoms with Gasteiger partial charge in [-0.05, 0) is 18.2 Å². The van der Waals surface area contributed by atoms with Crippen molar-refractivity contribution in [3.63, 3.8) is 0 Å². The summed E-state index contributed by atoms with van der Waals surface area (Å²) in [6, 6.07) is 4.79. The zero-order valence-electron chi connectivity index (χ0n) is 14.5. The van der Waals surface area contributed by atoms with Gasteiger partial charge in [0.1, 0.15) is 9.97 Å². The van der Waals surface area contributed by atoms with Crippen molar-refractivity contribution in [2.24, 2.45) is 0 Å². The van der Waals surface area contributed by atoms with Crippen LogP contribution in [0, 0.1) is 0 Å². The van der Waals surface area contributed by atoms with E-state index in [1.165, 1.54) is 12.3 Å². The average molecular weight is 424 g/mol. The van der Waals surface area contributed by atoms with Crippen LogP contribution in [0.15, 0.2) is 43.0 Å². The van der Waals surface area contributed by atoms with Gasteiger partial charge in [-0.1, -0.05) is 5.16 Å². The minimum absolute atomic E-state index is 0.0446. The monoisotopic (exact) mass is 424 g/mol. The molecule has 12 heteroatoms. The summed E-state index contributed by atoms with van der Waals surface area (Å²) in [5.41, 5.74) is 0.452. The van der Waals surface area contributed by atoms with Gasteiger partial charge in [0, 0.05) is 24.0 Å². The van der Waals surface area contributed by atoms with E-state index in [0.29, 0.717) is 37.6 Å². The Morgan fingerprint density at radius 2 is 2.14 bits per heavy atom. The maximum Gasteiger partial charge on any atom is 0.316 e. The number of amides is 1. The van der Waals surface area contributed by atoms with E-state index < -0.39 is 10.0 Å². The van der Waals surface area contributed by atoms with E-state index in [1.54, 1.807) is 22.4 Å². The molecule has 4 rings (SSSR count). The van der Waals surface area contributed by atoms with Crippen LogP contribution in [0.5, 0.6) is 0 Å². The molecule has 1 aliphatic rings. The number of carbonyl (C=O) groups is 1. The Morgan fingerprint density at radius 3 is 2.89 bits per heavy atom. The zero-order chi connectivity index (χ0) is 19.6. The first-order valence-corrected chi connectivity index (χ1v) is 10.7. The van der Waals surface area contributed by atoms with Crippen molar-refractivity contribution in [3.05, 3.63) is 41.5 Å². The maximum absolute atomic E-state index is 12.4. The van der Waals surface area contributed by atoms with Crippen LogP contribution in [0.1, 0.15) is 16.4 Å². The third-order valence-electron chi connectivity index (χ3n) is 4.02. The number of rotatable bonds is 6. The Morgan fingerprint density at radius 1 is 1.32 bits per heavy atom. The lowest BCUT2D eigenvalue weighted by atomic mass is 10.3. The quantitative estimate of drug-likeness (QED) is 0.628. The van der Waals surface area contributed by atoms with Gasteiger partial charge in [-0.2, -0.15) is 4.98 Å². The molecule has 0 aromatic carbocycles. The van der Waals surface area contributed by atoms with E-state index in [0.717, 1.165) is 11.3 Å². The highest BCUT2D eigenvalue weighted by atomic mass is 32.2. The number of morpholine rings is 1. The van der Waals surface area contributed by atoms with Crippen molar-refractivity contribution < 1.29 is 26.9 Å². The highest BCUT2D eigenvalue weighted by molar-refractivity contribution is 7.91. The third kappa shape index (κ3) is 3.99. The molecule has 10 nitrogen and oxygen atoms in total. The van der Waals surface area contributed by atoms with Crippen molar-refractivity contribution in [1.82, 2.24) is 19.8 Å². The molecule has 0 aliphatic carbocycles. The van der Waals surface area contributed by atoms with Crippen molar-refractivity contribution in [3.8, 4) is 11.4 Å². The highest BCUT2D eigenvalue weighted by Gasteiger charge is 2.25. The predicted molar refractivity (Wildman–Crippen MR) is 97.1 cm³/mol. The minimum Gasteiger partial charge on any atom is -0.468 e. The number of ether oxygens (including phenoxy) is 1. The van der Waals surface area contributed by atoms with Gasteiger partial charge in [0.25, 0.3) is 0 Å². The largest absolute Gasteiger partial charge is 0.468 e. The molecule has 0 radical (unpaired) electrons. The highest BCUT2D eigenvalue weighted by Crippen LogP contribution is 2.27. The molecule has 1 N–H and O–H groups in total. The lowest BCUT2D eigenvalue weighted by Crippen LogP contribution is -2.40. The Kier molecular flexibility index (Phi) is 5.26. The number of aromatic nitrogens is 2. The topological polar surface area (TPSA) is 128 Å². The Bertz CT molecular complexity index is 1050. The third-order valence-corrected chi connectivity index (χ3v) is 6.86. The maximum atomic E-state index is 12.4. The van der Waals surface area contributed by atoms with Gasteiger partial charge in [0.15, 0.2) is 0 Å². The first-order chi connectivity index (χ1) is 13.5. The molecule has 1 fully saturated rings. The van der Waals surface area contributed by atoms with Crippen LogP contribution in [0.4, 0.5) is 0 Å². The molecule has 1 aliphatic heterocycles. The molecule has 1 amide bonds. The van der Waals surface area contributed by atoms with Crippen molar-refractivity contribution in [2.45, 2.75) is 10.8 Å². The summed E-state index contributed by atoms with van der Waals surface area (Å²) >= 11 is 1.02. The normalized spacial score (nSPS) is 15.1. The number of sulfonamides is 1. The van der Waals surface area contributed by atoms with E-state index in [1.807, 2.05) is 0 Å². The summed E-state index contributed by atoms with van der Waals surface area (Å²) in [6.07, 6.45) is 1.47. The van der Waals surface area contributed by atoms with Crippen LogP contribution >= 0.6 is 11.3 Å². The minimum atomic E-state index is -3.72. The smallest absolute Gasteiger partial charge is 0.316 e. The second-order valence-corrected chi connectivity index (χ2v) is 8.79. The van der Waals surface area contributed by atoms with Crippen LogP contribution in [0.2, 0.25) is 0 Å². The molecular formula is C16H16N4O6S2. The van der Waals surface area contributed by atoms with Gasteiger partial charge in [-0.3, -0.25) is 4.79 Å². The van der Waals surface area contributed by atoms with Crippen molar-refractivity contribution >= 4 is 27.3 Å². The lowest BCUT2D eigenvalue weighted by molar-refractivity contribution is 0.0272. The number of carbonyl (C=O) groups excluding carboxylic acids is 1. The number of thiophene rings is 1. The van der Waals surface area contributed by atoms with Crippen LogP contribution in [-0.4, -0.2) is 55.7 Å². The van der Waals surface area contributed by atoms with E-state index in [4.69, 9.17) is 13.7 Å². The first kappa shape index (κ1) is 18.8. The van der Waals surface area contributed by atoms with Crippen LogP contribution in [0.3, 0.4) is 0 Å². The second kappa shape index (κ2) is 7.83. The van der Waals surface area contributed by atoms with E-state index >= 15 is 0 Å². The second-order valence-electron chi connectivity index (χ2n) is 5.89. The Hall–Kier alpha value is -2.54. The fourth-order valence-corrected chi connectivity index (χ4v) is 4.75. The van der Waals surface area contributed by atoms with Gasteiger partial charge in [0.2, 0.25) is 15.8 Å². The fraction of sp³-hybridized carbons (Fsp3) is 0.312. The summed E-state index contributed by atoms with van der Waals surface area (Å²) in [6.45, 7) is 1.88.